The summed E-state index contributed by atoms with van der Waals surface area (Å²) in [6.07, 6.45) is 0.0704. The van der Waals surface area contributed by atoms with Crippen LogP contribution in [0, 0.1) is 12.7 Å². The number of allylic oxidation sites excluding steroid dienone is 1. The SMILES string of the molecule is CCOC(=O)C1=C(C)N=C2SC=C(CC(=O)Nc3ccc(F)cc3)N2[C@@H]1c1ccccc1C. The van der Waals surface area contributed by atoms with E-state index in [1.165, 1.54) is 36.0 Å². The lowest BCUT2D eigenvalue weighted by Crippen LogP contribution is -2.37. The van der Waals surface area contributed by atoms with E-state index in [-0.39, 0.29) is 24.8 Å². The normalized spacial score (nSPS) is 17.3. The number of thioether (sulfide) groups is 1. The Hall–Kier alpha value is -3.39. The molecule has 2 heterocycles. The highest BCUT2D eigenvalue weighted by Crippen LogP contribution is 2.45. The van der Waals surface area contributed by atoms with Crippen LogP contribution in [-0.2, 0) is 14.3 Å². The molecular formula is C25H24FN3O3S. The molecule has 0 saturated heterocycles. The van der Waals surface area contributed by atoms with Crippen molar-refractivity contribution < 1.29 is 18.7 Å². The number of carbonyl (C=O) groups excluding carboxylic acids is 2. The topological polar surface area (TPSA) is 71.0 Å². The van der Waals surface area contributed by atoms with E-state index < -0.39 is 12.0 Å². The molecule has 1 N–H and O–H groups in total. The lowest BCUT2D eigenvalue weighted by Gasteiger charge is -2.37. The van der Waals surface area contributed by atoms with Crippen molar-refractivity contribution in [3.8, 4) is 0 Å². The van der Waals surface area contributed by atoms with Gasteiger partial charge in [-0.05, 0) is 61.6 Å². The molecule has 33 heavy (non-hydrogen) atoms. The minimum absolute atomic E-state index is 0.0704. The first-order valence-electron chi connectivity index (χ1n) is 10.6. The third kappa shape index (κ3) is 4.71. The first-order chi connectivity index (χ1) is 15.9. The van der Waals surface area contributed by atoms with Gasteiger partial charge >= 0.3 is 5.97 Å². The molecule has 6 nitrogen and oxygen atoms in total. The summed E-state index contributed by atoms with van der Waals surface area (Å²) in [6, 6.07) is 13.0. The zero-order chi connectivity index (χ0) is 23.5. The van der Waals surface area contributed by atoms with Crippen LogP contribution in [0.25, 0.3) is 0 Å². The van der Waals surface area contributed by atoms with E-state index in [4.69, 9.17) is 4.74 Å². The number of hydrogen-bond acceptors (Lipinski definition) is 6. The molecule has 2 aromatic rings. The van der Waals surface area contributed by atoms with Gasteiger partial charge in [-0.15, -0.1) is 0 Å². The Balaban J connectivity index is 1.67. The highest BCUT2D eigenvalue weighted by Gasteiger charge is 2.41. The summed E-state index contributed by atoms with van der Waals surface area (Å²) >= 11 is 1.42. The number of aliphatic imine (C=N–C) groups is 1. The number of nitrogens with zero attached hydrogens (tertiary/aromatic N) is 2. The van der Waals surface area contributed by atoms with Gasteiger partial charge in [0.15, 0.2) is 5.17 Å². The fraction of sp³-hybridized carbons (Fsp3) is 0.240. The van der Waals surface area contributed by atoms with Crippen molar-refractivity contribution in [1.82, 2.24) is 4.90 Å². The van der Waals surface area contributed by atoms with Crippen LogP contribution < -0.4 is 5.32 Å². The van der Waals surface area contributed by atoms with Gasteiger partial charge in [-0.2, -0.15) is 0 Å². The average Bonchev–Trinajstić information content (AvgIpc) is 3.17. The van der Waals surface area contributed by atoms with E-state index in [1.807, 2.05) is 48.4 Å². The Bertz CT molecular complexity index is 1190. The number of halogens is 1. The Morgan fingerprint density at radius 3 is 2.58 bits per heavy atom. The minimum Gasteiger partial charge on any atom is -0.463 e. The fourth-order valence-electron chi connectivity index (χ4n) is 3.93. The van der Waals surface area contributed by atoms with Crippen molar-refractivity contribution in [1.29, 1.82) is 0 Å². The van der Waals surface area contributed by atoms with E-state index in [1.54, 1.807) is 6.92 Å². The molecule has 8 heteroatoms. The molecule has 0 unspecified atom stereocenters. The van der Waals surface area contributed by atoms with E-state index >= 15 is 0 Å². The van der Waals surface area contributed by atoms with Gasteiger partial charge in [0.25, 0.3) is 0 Å². The standard InChI is InChI=1S/C25H24FN3O3S/c1-4-32-24(31)22-16(3)27-25-29(23(22)20-8-6-5-7-15(20)2)19(14-33-25)13-21(30)28-18-11-9-17(26)10-12-18/h5-12,14,23H,4,13H2,1-3H3,(H,28,30)/t23-/m1/s1. The number of carbonyl (C=O) groups is 2. The number of fused-ring (bicyclic) bond motifs is 1. The van der Waals surface area contributed by atoms with Gasteiger partial charge in [0.2, 0.25) is 5.91 Å². The molecule has 0 aromatic heterocycles. The molecule has 2 aliphatic heterocycles. The summed E-state index contributed by atoms with van der Waals surface area (Å²) in [7, 11) is 0. The molecule has 0 spiro atoms. The second-order valence-corrected chi connectivity index (χ2v) is 8.54. The lowest BCUT2D eigenvalue weighted by molar-refractivity contribution is -0.139. The van der Waals surface area contributed by atoms with Crippen LogP contribution >= 0.6 is 11.8 Å². The maximum atomic E-state index is 13.2. The number of ether oxygens (including phenoxy) is 1. The van der Waals surface area contributed by atoms with E-state index in [0.29, 0.717) is 22.1 Å². The highest BCUT2D eigenvalue weighted by molar-refractivity contribution is 8.16. The Kier molecular flexibility index (Phi) is 6.65. The van der Waals surface area contributed by atoms with Crippen LogP contribution in [0.4, 0.5) is 10.1 Å². The molecule has 0 saturated carbocycles. The monoisotopic (exact) mass is 465 g/mol. The van der Waals surface area contributed by atoms with Crippen LogP contribution in [0.3, 0.4) is 0 Å². The van der Waals surface area contributed by atoms with Crippen molar-refractivity contribution in [2.75, 3.05) is 11.9 Å². The van der Waals surface area contributed by atoms with Crippen molar-refractivity contribution in [2.24, 2.45) is 4.99 Å². The molecule has 170 valence electrons. The van der Waals surface area contributed by atoms with Crippen LogP contribution in [0.2, 0.25) is 0 Å². The molecule has 1 amide bonds. The predicted molar refractivity (Wildman–Crippen MR) is 128 cm³/mol. The highest BCUT2D eigenvalue weighted by atomic mass is 32.2. The number of nitrogens with one attached hydrogen (secondary N) is 1. The summed E-state index contributed by atoms with van der Waals surface area (Å²) in [6.45, 7) is 5.82. The van der Waals surface area contributed by atoms with Crippen molar-refractivity contribution in [2.45, 2.75) is 33.2 Å². The van der Waals surface area contributed by atoms with E-state index in [0.717, 1.165) is 16.8 Å². The number of amidine groups is 1. The molecule has 2 aromatic carbocycles. The zero-order valence-electron chi connectivity index (χ0n) is 18.6. The third-order valence-corrected chi connectivity index (χ3v) is 6.34. The van der Waals surface area contributed by atoms with Gasteiger partial charge in [0.1, 0.15) is 5.82 Å². The molecule has 4 rings (SSSR count). The Labute approximate surface area is 196 Å². The van der Waals surface area contributed by atoms with Gasteiger partial charge in [-0.3, -0.25) is 4.79 Å². The maximum absolute atomic E-state index is 13.2. The van der Waals surface area contributed by atoms with Gasteiger partial charge in [0, 0.05) is 11.4 Å². The van der Waals surface area contributed by atoms with Crippen molar-refractivity contribution >= 4 is 34.5 Å². The quantitative estimate of drug-likeness (QED) is 0.586. The molecule has 2 aliphatic rings. The smallest absolute Gasteiger partial charge is 0.338 e. The van der Waals surface area contributed by atoms with Crippen LogP contribution in [0.15, 0.2) is 75.9 Å². The number of hydrogen-bond donors (Lipinski definition) is 1. The minimum atomic E-state index is -0.461. The van der Waals surface area contributed by atoms with Crippen LogP contribution in [0.5, 0.6) is 0 Å². The van der Waals surface area contributed by atoms with Crippen molar-refractivity contribution in [3.05, 3.63) is 87.9 Å². The summed E-state index contributed by atoms with van der Waals surface area (Å²) < 4.78 is 18.5. The predicted octanol–water partition coefficient (Wildman–Crippen LogP) is 5.30. The molecule has 0 bridgehead atoms. The Morgan fingerprint density at radius 1 is 1.15 bits per heavy atom. The number of aryl methyl sites for hydroxylation is 1. The molecular weight excluding hydrogens is 441 g/mol. The van der Waals surface area contributed by atoms with Gasteiger partial charge in [-0.25, -0.2) is 14.2 Å². The second kappa shape index (κ2) is 9.62. The summed E-state index contributed by atoms with van der Waals surface area (Å²) in [5, 5.41) is 5.39. The van der Waals surface area contributed by atoms with Crippen molar-refractivity contribution in [3.63, 3.8) is 0 Å². The zero-order valence-corrected chi connectivity index (χ0v) is 19.4. The largest absolute Gasteiger partial charge is 0.463 e. The first kappa shape index (κ1) is 22.8. The van der Waals surface area contributed by atoms with E-state index in [2.05, 4.69) is 10.3 Å². The lowest BCUT2D eigenvalue weighted by atomic mass is 9.91. The number of anilines is 1. The average molecular weight is 466 g/mol. The fourth-order valence-corrected chi connectivity index (χ4v) is 4.89. The third-order valence-electron chi connectivity index (χ3n) is 5.45. The summed E-state index contributed by atoms with van der Waals surface area (Å²) in [5.41, 5.74) is 4.26. The second-order valence-electron chi connectivity index (χ2n) is 7.70. The number of benzene rings is 2. The van der Waals surface area contributed by atoms with Gasteiger partial charge in [0.05, 0.1) is 30.3 Å². The van der Waals surface area contributed by atoms with Gasteiger partial charge < -0.3 is 15.0 Å². The number of esters is 1. The number of rotatable bonds is 6. The van der Waals surface area contributed by atoms with Crippen LogP contribution in [-0.4, -0.2) is 28.6 Å². The summed E-state index contributed by atoms with van der Waals surface area (Å²) in [4.78, 5) is 32.4. The maximum Gasteiger partial charge on any atom is 0.338 e. The molecule has 1 atom stereocenters. The van der Waals surface area contributed by atoms with E-state index in [9.17, 15) is 14.0 Å². The number of amides is 1. The molecule has 0 radical (unpaired) electrons. The Morgan fingerprint density at radius 2 is 1.88 bits per heavy atom. The first-order valence-corrected chi connectivity index (χ1v) is 11.5. The molecule has 0 aliphatic carbocycles. The summed E-state index contributed by atoms with van der Waals surface area (Å²) in [5.74, 6) is -1.04. The molecule has 0 fully saturated rings. The van der Waals surface area contributed by atoms with Gasteiger partial charge in [-0.1, -0.05) is 36.0 Å². The van der Waals surface area contributed by atoms with Crippen LogP contribution in [0.1, 0.15) is 37.4 Å².